The lowest BCUT2D eigenvalue weighted by atomic mass is 10.2. The van der Waals surface area contributed by atoms with Crippen LogP contribution in [0.4, 0.5) is 0 Å². The van der Waals surface area contributed by atoms with E-state index in [1.807, 2.05) is 17.3 Å². The molecule has 0 fully saturated rings. The van der Waals surface area contributed by atoms with Gasteiger partial charge in [-0.15, -0.1) is 0 Å². The second-order valence-electron chi connectivity index (χ2n) is 3.32. The topological polar surface area (TPSA) is 24.5 Å². The highest BCUT2D eigenvalue weighted by atomic mass is 16.5. The molecule has 1 atom stereocenters. The van der Waals surface area contributed by atoms with E-state index in [0.717, 1.165) is 6.54 Å². The van der Waals surface area contributed by atoms with E-state index in [0.29, 0.717) is 12.8 Å². The van der Waals surface area contributed by atoms with Crippen LogP contribution in [0, 0.1) is 0 Å². The van der Waals surface area contributed by atoms with Crippen molar-refractivity contribution in [2.75, 3.05) is 13.3 Å². The highest BCUT2D eigenvalue weighted by molar-refractivity contribution is 5.26. The zero-order chi connectivity index (χ0) is 9.10. The largest absolute Gasteiger partial charge is 0.479 e. The minimum atomic E-state index is 0.505. The van der Waals surface area contributed by atoms with Gasteiger partial charge in [0, 0.05) is 25.0 Å². The second kappa shape index (κ2) is 3.66. The predicted molar refractivity (Wildman–Crippen MR) is 51.6 cm³/mol. The summed E-state index contributed by atoms with van der Waals surface area (Å²) in [5.41, 5.74) is 1.34. The van der Waals surface area contributed by atoms with Crippen molar-refractivity contribution in [1.29, 1.82) is 0 Å². The first-order chi connectivity index (χ1) is 6.34. The summed E-state index contributed by atoms with van der Waals surface area (Å²) in [5, 5.41) is 3.33. The molecule has 0 aromatic rings. The number of ether oxygens (including phenoxy) is 1. The molecule has 0 amide bonds. The van der Waals surface area contributed by atoms with Crippen LogP contribution in [0.2, 0.25) is 0 Å². The summed E-state index contributed by atoms with van der Waals surface area (Å²) in [6.07, 6.45) is 10.0. The third-order valence-corrected chi connectivity index (χ3v) is 2.14. The summed E-state index contributed by atoms with van der Waals surface area (Å²) in [7, 11) is 0. The summed E-state index contributed by atoms with van der Waals surface area (Å²) in [4.78, 5) is 2.00. The van der Waals surface area contributed by atoms with Crippen molar-refractivity contribution in [1.82, 2.24) is 10.2 Å². The summed E-state index contributed by atoms with van der Waals surface area (Å²) >= 11 is 0. The summed E-state index contributed by atoms with van der Waals surface area (Å²) < 4.78 is 5.05. The van der Waals surface area contributed by atoms with Crippen LogP contribution in [0.15, 0.2) is 36.4 Å². The van der Waals surface area contributed by atoms with Gasteiger partial charge in [-0.05, 0) is 18.6 Å². The Labute approximate surface area is 78.4 Å². The molecule has 0 saturated carbocycles. The van der Waals surface area contributed by atoms with Gasteiger partial charge in [-0.2, -0.15) is 0 Å². The lowest BCUT2D eigenvalue weighted by Gasteiger charge is -2.05. The maximum Gasteiger partial charge on any atom is 0.164 e. The Bertz CT molecular complexity index is 268. The van der Waals surface area contributed by atoms with Crippen molar-refractivity contribution < 1.29 is 4.74 Å². The van der Waals surface area contributed by atoms with Gasteiger partial charge in [0.2, 0.25) is 0 Å². The van der Waals surface area contributed by atoms with Crippen molar-refractivity contribution in [3.05, 3.63) is 36.4 Å². The van der Waals surface area contributed by atoms with Crippen molar-refractivity contribution in [3.63, 3.8) is 0 Å². The number of nitrogens with zero attached hydrogens (tertiary/aromatic N) is 1. The average molecular weight is 178 g/mol. The van der Waals surface area contributed by atoms with Crippen LogP contribution < -0.4 is 5.32 Å². The Kier molecular flexibility index (Phi) is 2.36. The monoisotopic (exact) mass is 178 g/mol. The Hall–Kier alpha value is -1.22. The molecule has 0 saturated heterocycles. The number of hydrogen-bond donors (Lipinski definition) is 1. The molecule has 0 aromatic carbocycles. The maximum absolute atomic E-state index is 5.05. The Balaban J connectivity index is 1.89. The normalized spacial score (nSPS) is 27.0. The highest BCUT2D eigenvalue weighted by Crippen LogP contribution is 2.08. The van der Waals surface area contributed by atoms with Gasteiger partial charge < -0.3 is 15.0 Å². The van der Waals surface area contributed by atoms with E-state index in [-0.39, 0.29) is 0 Å². The molecule has 2 heterocycles. The van der Waals surface area contributed by atoms with Crippen LogP contribution in [0.3, 0.4) is 0 Å². The van der Waals surface area contributed by atoms with Gasteiger partial charge in [0.15, 0.2) is 6.73 Å². The molecule has 1 unspecified atom stereocenters. The van der Waals surface area contributed by atoms with E-state index in [1.165, 1.54) is 5.57 Å². The molecule has 1 N–H and O–H groups in total. The lowest BCUT2D eigenvalue weighted by Crippen LogP contribution is -2.17. The smallest absolute Gasteiger partial charge is 0.164 e. The summed E-state index contributed by atoms with van der Waals surface area (Å²) in [5.74, 6) is 0. The molecule has 3 nitrogen and oxygen atoms in total. The molecule has 0 bridgehead atoms. The molecule has 0 aliphatic carbocycles. The fourth-order valence-corrected chi connectivity index (χ4v) is 1.41. The minimum absolute atomic E-state index is 0.505. The summed E-state index contributed by atoms with van der Waals surface area (Å²) in [6, 6.07) is 0.505. The quantitative estimate of drug-likeness (QED) is 0.687. The Morgan fingerprint density at radius 2 is 2.62 bits per heavy atom. The molecular weight excluding hydrogens is 164 g/mol. The fraction of sp³-hybridized carbons (Fsp3) is 0.400. The molecule has 70 valence electrons. The maximum atomic E-state index is 5.05. The van der Waals surface area contributed by atoms with Gasteiger partial charge in [-0.3, -0.25) is 0 Å². The van der Waals surface area contributed by atoms with E-state index in [1.54, 1.807) is 6.26 Å². The zero-order valence-corrected chi connectivity index (χ0v) is 7.73. The third-order valence-electron chi connectivity index (χ3n) is 2.14. The van der Waals surface area contributed by atoms with Crippen molar-refractivity contribution >= 4 is 0 Å². The number of hydrogen-bond acceptors (Lipinski definition) is 3. The van der Waals surface area contributed by atoms with E-state index in [2.05, 4.69) is 24.4 Å². The molecule has 13 heavy (non-hydrogen) atoms. The van der Waals surface area contributed by atoms with Gasteiger partial charge in [0.25, 0.3) is 0 Å². The van der Waals surface area contributed by atoms with Crippen molar-refractivity contribution in [2.45, 2.75) is 13.0 Å². The van der Waals surface area contributed by atoms with Gasteiger partial charge in [-0.25, -0.2) is 0 Å². The van der Waals surface area contributed by atoms with Crippen LogP contribution in [0.5, 0.6) is 0 Å². The van der Waals surface area contributed by atoms with E-state index < -0.39 is 0 Å². The van der Waals surface area contributed by atoms with Crippen LogP contribution in [-0.4, -0.2) is 24.2 Å². The third kappa shape index (κ3) is 2.12. The molecule has 2 aliphatic rings. The summed E-state index contributed by atoms with van der Waals surface area (Å²) in [6.45, 7) is 3.75. The van der Waals surface area contributed by atoms with Gasteiger partial charge in [-0.1, -0.05) is 6.08 Å². The predicted octanol–water partition coefficient (Wildman–Crippen LogP) is 1.18. The second-order valence-corrected chi connectivity index (χ2v) is 3.32. The van der Waals surface area contributed by atoms with Crippen molar-refractivity contribution in [3.8, 4) is 0 Å². The molecule has 2 aliphatic heterocycles. The van der Waals surface area contributed by atoms with Crippen LogP contribution in [0.25, 0.3) is 0 Å². The SMILES string of the molecule is CC1C=C(C=CN2C=COC2)CN1. The minimum Gasteiger partial charge on any atom is -0.479 e. The number of nitrogens with one attached hydrogen (secondary N) is 1. The van der Waals surface area contributed by atoms with E-state index >= 15 is 0 Å². The molecule has 0 radical (unpaired) electrons. The van der Waals surface area contributed by atoms with E-state index in [9.17, 15) is 0 Å². The number of rotatable bonds is 2. The van der Waals surface area contributed by atoms with Crippen LogP contribution in [-0.2, 0) is 4.74 Å². The zero-order valence-electron chi connectivity index (χ0n) is 7.73. The Morgan fingerprint density at radius 1 is 1.69 bits per heavy atom. The first-order valence-electron chi connectivity index (χ1n) is 4.51. The van der Waals surface area contributed by atoms with Gasteiger partial charge in [0.05, 0.1) is 0 Å². The first-order valence-corrected chi connectivity index (χ1v) is 4.51. The Morgan fingerprint density at radius 3 is 3.23 bits per heavy atom. The van der Waals surface area contributed by atoms with E-state index in [4.69, 9.17) is 4.74 Å². The first kappa shape index (κ1) is 8.38. The van der Waals surface area contributed by atoms with Gasteiger partial charge in [0.1, 0.15) is 6.26 Å². The lowest BCUT2D eigenvalue weighted by molar-refractivity contribution is 0.204. The standard InChI is InChI=1S/C10H14N2O/c1-9-6-10(7-11-9)2-3-12-4-5-13-8-12/h2-6,9,11H,7-8H2,1H3. The van der Waals surface area contributed by atoms with Crippen LogP contribution >= 0.6 is 0 Å². The highest BCUT2D eigenvalue weighted by Gasteiger charge is 2.07. The molecule has 0 spiro atoms. The molecule has 0 aromatic heterocycles. The molecular formula is C10H14N2O. The van der Waals surface area contributed by atoms with Gasteiger partial charge >= 0.3 is 0 Å². The molecule has 3 heteroatoms. The van der Waals surface area contributed by atoms with Crippen LogP contribution in [0.1, 0.15) is 6.92 Å². The molecule has 2 rings (SSSR count). The fourth-order valence-electron chi connectivity index (χ4n) is 1.41. The van der Waals surface area contributed by atoms with Crippen molar-refractivity contribution in [2.24, 2.45) is 0 Å². The average Bonchev–Trinajstić information content (AvgIpc) is 2.71.